The summed E-state index contributed by atoms with van der Waals surface area (Å²) in [6.45, 7) is 2.71. The minimum absolute atomic E-state index is 0.146. The molecule has 0 bridgehead atoms. The Balaban J connectivity index is 2.46. The lowest BCUT2D eigenvalue weighted by Gasteiger charge is -2.07. The summed E-state index contributed by atoms with van der Waals surface area (Å²) in [6, 6.07) is 4.83. The zero-order chi connectivity index (χ0) is 14.0. The summed E-state index contributed by atoms with van der Waals surface area (Å²) in [5.74, 6) is -0.146. The maximum absolute atomic E-state index is 12.5. The van der Waals surface area contributed by atoms with Gasteiger partial charge in [0, 0.05) is 22.8 Å². The van der Waals surface area contributed by atoms with Crippen molar-refractivity contribution in [2.45, 2.75) is 19.9 Å². The van der Waals surface area contributed by atoms with Crippen molar-refractivity contribution >= 4 is 39.0 Å². The number of benzene rings is 1. The molecule has 1 aromatic heterocycles. The van der Waals surface area contributed by atoms with E-state index < -0.39 is 0 Å². The minimum atomic E-state index is -0.146. The molecule has 2 aromatic rings. The molecule has 19 heavy (non-hydrogen) atoms. The molecule has 6 heteroatoms. The van der Waals surface area contributed by atoms with E-state index in [1.54, 1.807) is 29.1 Å². The highest BCUT2D eigenvalue weighted by Crippen LogP contribution is 2.23. The van der Waals surface area contributed by atoms with Gasteiger partial charge in [0.15, 0.2) is 0 Å². The third-order valence-electron chi connectivity index (χ3n) is 2.63. The fourth-order valence-corrected chi connectivity index (χ4v) is 2.57. The van der Waals surface area contributed by atoms with Gasteiger partial charge in [-0.25, -0.2) is 0 Å². The lowest BCUT2D eigenvalue weighted by molar-refractivity contribution is 0.102. The molecule has 2 rings (SSSR count). The molecule has 0 aliphatic rings. The second kappa shape index (κ2) is 5.75. The molecule has 0 saturated heterocycles. The number of nitrogen functional groups attached to an aromatic ring is 1. The smallest absolute Gasteiger partial charge is 0.212 e. The van der Waals surface area contributed by atoms with Gasteiger partial charge in [-0.05, 0) is 40.5 Å². The number of anilines is 1. The van der Waals surface area contributed by atoms with E-state index in [1.807, 2.05) is 6.92 Å². The summed E-state index contributed by atoms with van der Waals surface area (Å²) in [4.78, 5) is 12.5. The Morgan fingerprint density at radius 1 is 1.47 bits per heavy atom. The Morgan fingerprint density at radius 3 is 2.84 bits per heavy atom. The molecule has 4 nitrogen and oxygen atoms in total. The number of nitrogens with two attached hydrogens (primary N) is 1. The van der Waals surface area contributed by atoms with Gasteiger partial charge < -0.3 is 5.73 Å². The van der Waals surface area contributed by atoms with Crippen molar-refractivity contribution in [1.82, 2.24) is 9.78 Å². The summed E-state index contributed by atoms with van der Waals surface area (Å²) in [6.07, 6.45) is 2.52. The maximum Gasteiger partial charge on any atom is 0.212 e. The van der Waals surface area contributed by atoms with Crippen LogP contribution in [0.4, 0.5) is 5.69 Å². The fourth-order valence-electron chi connectivity index (χ4n) is 1.85. The topological polar surface area (TPSA) is 60.9 Å². The average molecular weight is 343 g/mol. The number of halogens is 2. The van der Waals surface area contributed by atoms with Gasteiger partial charge in [0.25, 0.3) is 0 Å². The summed E-state index contributed by atoms with van der Waals surface area (Å²) < 4.78 is 2.35. The Labute approximate surface area is 124 Å². The molecule has 0 fully saturated rings. The van der Waals surface area contributed by atoms with Crippen molar-refractivity contribution < 1.29 is 4.79 Å². The predicted molar refractivity (Wildman–Crippen MR) is 79.5 cm³/mol. The number of carbonyl (C=O) groups excluding carboxylic acids is 1. The minimum Gasteiger partial charge on any atom is -0.399 e. The van der Waals surface area contributed by atoms with Gasteiger partial charge in [-0.3, -0.25) is 9.48 Å². The molecule has 0 atom stereocenters. The van der Waals surface area contributed by atoms with E-state index in [1.165, 1.54) is 0 Å². The summed E-state index contributed by atoms with van der Waals surface area (Å²) >= 11 is 9.28. The zero-order valence-electron chi connectivity index (χ0n) is 10.4. The number of hydrogen-bond acceptors (Lipinski definition) is 3. The lowest BCUT2D eigenvalue weighted by atomic mass is 10.1. The molecule has 100 valence electrons. The highest BCUT2D eigenvalue weighted by Gasteiger charge is 2.19. The lowest BCUT2D eigenvalue weighted by Crippen LogP contribution is -2.12. The van der Waals surface area contributed by atoms with Crippen LogP contribution in [0.2, 0.25) is 5.02 Å². The second-order valence-electron chi connectivity index (χ2n) is 4.17. The Bertz CT molecular complexity index is 604. The standard InChI is InChI=1S/C13H13BrClN3O/c1-2-3-18-12(11(14)7-17-18)13(19)8-4-9(15)6-10(16)5-8/h4-7H,2-3,16H2,1H3. The molecule has 0 radical (unpaired) electrons. The molecule has 0 aliphatic carbocycles. The van der Waals surface area contributed by atoms with Crippen LogP contribution >= 0.6 is 27.5 Å². The molecule has 1 aromatic carbocycles. The molecule has 0 amide bonds. The first-order valence-corrected chi connectivity index (χ1v) is 7.02. The van der Waals surface area contributed by atoms with Crippen LogP contribution in [0.15, 0.2) is 28.9 Å². The van der Waals surface area contributed by atoms with Crippen LogP contribution in [0, 0.1) is 0 Å². The van der Waals surface area contributed by atoms with Gasteiger partial charge in [-0.2, -0.15) is 5.10 Å². The van der Waals surface area contributed by atoms with Crippen molar-refractivity contribution in [3.63, 3.8) is 0 Å². The monoisotopic (exact) mass is 341 g/mol. The van der Waals surface area contributed by atoms with Crippen LogP contribution in [0.25, 0.3) is 0 Å². The SMILES string of the molecule is CCCn1ncc(Br)c1C(=O)c1cc(N)cc(Cl)c1. The van der Waals surface area contributed by atoms with Crippen LogP contribution < -0.4 is 5.73 Å². The summed E-state index contributed by atoms with van der Waals surface area (Å²) in [5.41, 5.74) is 7.16. The molecular formula is C13H13BrClN3O. The third kappa shape index (κ3) is 2.98. The van der Waals surface area contributed by atoms with Crippen molar-refractivity contribution in [3.8, 4) is 0 Å². The molecule has 2 N–H and O–H groups in total. The molecule has 0 aliphatic heterocycles. The molecule has 0 saturated carbocycles. The number of ketones is 1. The quantitative estimate of drug-likeness (QED) is 0.683. The van der Waals surface area contributed by atoms with Gasteiger partial charge >= 0.3 is 0 Å². The summed E-state index contributed by atoms with van der Waals surface area (Å²) in [5, 5.41) is 4.63. The first-order valence-electron chi connectivity index (χ1n) is 5.85. The van der Waals surface area contributed by atoms with Gasteiger partial charge in [0.2, 0.25) is 5.78 Å². The van der Waals surface area contributed by atoms with Crippen LogP contribution in [0.3, 0.4) is 0 Å². The van der Waals surface area contributed by atoms with E-state index >= 15 is 0 Å². The van der Waals surface area contributed by atoms with Crippen LogP contribution in [-0.2, 0) is 6.54 Å². The second-order valence-corrected chi connectivity index (χ2v) is 5.46. The number of rotatable bonds is 4. The molecule has 1 heterocycles. The van der Waals surface area contributed by atoms with E-state index in [0.29, 0.717) is 33.0 Å². The number of carbonyl (C=O) groups is 1. The fraction of sp³-hybridized carbons (Fsp3) is 0.231. The number of hydrogen-bond donors (Lipinski definition) is 1. The summed E-state index contributed by atoms with van der Waals surface area (Å²) in [7, 11) is 0. The average Bonchev–Trinajstić information content (AvgIpc) is 2.69. The molecule has 0 unspecified atom stereocenters. The molecular weight excluding hydrogens is 330 g/mol. The van der Waals surface area contributed by atoms with Gasteiger partial charge in [0.1, 0.15) is 5.69 Å². The number of aryl methyl sites for hydroxylation is 1. The zero-order valence-corrected chi connectivity index (χ0v) is 12.7. The Kier molecular flexibility index (Phi) is 4.27. The van der Waals surface area contributed by atoms with Crippen molar-refractivity contribution in [3.05, 3.63) is 45.1 Å². The first-order chi connectivity index (χ1) is 9.02. The van der Waals surface area contributed by atoms with E-state index in [0.717, 1.165) is 6.42 Å². The Hall–Kier alpha value is -1.33. The Morgan fingerprint density at radius 2 is 2.21 bits per heavy atom. The van der Waals surface area contributed by atoms with Gasteiger partial charge in [-0.1, -0.05) is 18.5 Å². The highest BCUT2D eigenvalue weighted by atomic mass is 79.9. The largest absolute Gasteiger partial charge is 0.399 e. The maximum atomic E-state index is 12.5. The van der Waals surface area contributed by atoms with Crippen molar-refractivity contribution in [2.24, 2.45) is 0 Å². The van der Waals surface area contributed by atoms with Crippen molar-refractivity contribution in [2.75, 3.05) is 5.73 Å². The number of aromatic nitrogens is 2. The van der Waals surface area contributed by atoms with E-state index in [-0.39, 0.29) is 5.78 Å². The highest BCUT2D eigenvalue weighted by molar-refractivity contribution is 9.10. The third-order valence-corrected chi connectivity index (χ3v) is 3.43. The molecule has 0 spiro atoms. The van der Waals surface area contributed by atoms with Crippen LogP contribution in [-0.4, -0.2) is 15.6 Å². The first kappa shape index (κ1) is 14.1. The number of nitrogens with zero attached hydrogens (tertiary/aromatic N) is 2. The van der Waals surface area contributed by atoms with E-state index in [2.05, 4.69) is 21.0 Å². The van der Waals surface area contributed by atoms with Crippen LogP contribution in [0.5, 0.6) is 0 Å². The normalized spacial score (nSPS) is 10.7. The predicted octanol–water partition coefficient (Wildman–Crippen LogP) is 3.52. The van der Waals surface area contributed by atoms with Gasteiger partial charge in [-0.15, -0.1) is 0 Å². The van der Waals surface area contributed by atoms with E-state index in [9.17, 15) is 4.79 Å². The van der Waals surface area contributed by atoms with Gasteiger partial charge in [0.05, 0.1) is 10.7 Å². The van der Waals surface area contributed by atoms with E-state index in [4.69, 9.17) is 17.3 Å². The van der Waals surface area contributed by atoms with Crippen molar-refractivity contribution in [1.29, 1.82) is 0 Å². The van der Waals surface area contributed by atoms with Crippen LogP contribution in [0.1, 0.15) is 29.4 Å².